The summed E-state index contributed by atoms with van der Waals surface area (Å²) in [6.07, 6.45) is 4.14. The third-order valence-electron chi connectivity index (χ3n) is 4.59. The average Bonchev–Trinajstić information content (AvgIpc) is 3.23. The van der Waals surface area contributed by atoms with Crippen LogP contribution in [-0.2, 0) is 4.74 Å². The first-order valence-corrected chi connectivity index (χ1v) is 8.58. The van der Waals surface area contributed by atoms with Crippen molar-refractivity contribution in [3.05, 3.63) is 52.5 Å². The van der Waals surface area contributed by atoms with Crippen LogP contribution in [0.25, 0.3) is 0 Å². The predicted octanol–water partition coefficient (Wildman–Crippen LogP) is 3.14. The van der Waals surface area contributed by atoms with Crippen LogP contribution in [0.1, 0.15) is 34.3 Å². The molecule has 3 atom stereocenters. The van der Waals surface area contributed by atoms with Gasteiger partial charge in [-0.25, -0.2) is 4.98 Å². The molecule has 22 heavy (non-hydrogen) atoms. The molecule has 4 rings (SSSR count). The molecule has 0 saturated carbocycles. The predicted molar refractivity (Wildman–Crippen MR) is 84.8 cm³/mol. The Kier molecular flexibility index (Phi) is 3.68. The number of ether oxygens (including phenoxy) is 1. The van der Waals surface area contributed by atoms with Gasteiger partial charge in [0.15, 0.2) is 0 Å². The Morgan fingerprint density at radius 2 is 2.18 bits per heavy atom. The lowest BCUT2D eigenvalue weighted by molar-refractivity contribution is -0.00448. The zero-order valence-corrected chi connectivity index (χ0v) is 13.0. The lowest BCUT2D eigenvalue weighted by Gasteiger charge is -2.34. The number of likely N-dealkylation sites (tertiary alicyclic amines) is 1. The van der Waals surface area contributed by atoms with Gasteiger partial charge in [0.05, 0.1) is 6.10 Å². The number of hydrogen-bond acceptors (Lipinski definition) is 4. The number of nitrogens with zero attached hydrogens (tertiary/aromatic N) is 2. The van der Waals surface area contributed by atoms with Crippen LogP contribution >= 0.6 is 11.3 Å². The Balaban J connectivity index is 1.45. The van der Waals surface area contributed by atoms with Crippen molar-refractivity contribution < 1.29 is 9.53 Å². The van der Waals surface area contributed by atoms with E-state index in [0.717, 1.165) is 30.0 Å². The molecule has 0 aliphatic carbocycles. The minimum absolute atomic E-state index is 0.111. The van der Waals surface area contributed by atoms with Gasteiger partial charge in [-0.1, -0.05) is 18.2 Å². The number of aromatic nitrogens is 1. The van der Waals surface area contributed by atoms with Gasteiger partial charge in [0.2, 0.25) is 0 Å². The fourth-order valence-electron chi connectivity index (χ4n) is 3.43. The van der Waals surface area contributed by atoms with E-state index in [-0.39, 0.29) is 18.1 Å². The lowest BCUT2D eigenvalue weighted by Crippen LogP contribution is -2.45. The quantitative estimate of drug-likeness (QED) is 0.855. The van der Waals surface area contributed by atoms with Gasteiger partial charge in [0.1, 0.15) is 11.1 Å². The summed E-state index contributed by atoms with van der Waals surface area (Å²) in [6, 6.07) is 9.50. The normalized spacial score (nSPS) is 27.6. The van der Waals surface area contributed by atoms with E-state index in [1.54, 1.807) is 11.3 Å². The second-order valence-electron chi connectivity index (χ2n) is 5.94. The first kappa shape index (κ1) is 13.9. The molecule has 2 aromatic rings. The number of thiazole rings is 1. The first-order valence-electron chi connectivity index (χ1n) is 7.70. The molecule has 114 valence electrons. The molecule has 0 radical (unpaired) electrons. The Hall–Kier alpha value is -1.72. The number of amides is 1. The average molecular weight is 314 g/mol. The number of carbonyl (C=O) groups is 1. The molecule has 3 heterocycles. The number of hydrogen-bond donors (Lipinski definition) is 0. The molecule has 0 bridgehead atoms. The van der Waals surface area contributed by atoms with E-state index in [0.29, 0.717) is 12.5 Å². The minimum Gasteiger partial charge on any atom is -0.366 e. The molecule has 0 N–H and O–H groups in total. The van der Waals surface area contributed by atoms with Crippen LogP contribution in [0.5, 0.6) is 0 Å². The van der Waals surface area contributed by atoms with Crippen LogP contribution in [-0.4, -0.2) is 35.0 Å². The molecule has 0 unspecified atom stereocenters. The minimum atomic E-state index is 0.111. The molecule has 2 aliphatic heterocycles. The fraction of sp³-hybridized carbons (Fsp3) is 0.412. The molecule has 0 spiro atoms. The van der Waals surface area contributed by atoms with Gasteiger partial charge in [-0.3, -0.25) is 4.79 Å². The highest BCUT2D eigenvalue weighted by molar-refractivity contribution is 7.09. The van der Waals surface area contributed by atoms with Gasteiger partial charge >= 0.3 is 0 Å². The van der Waals surface area contributed by atoms with E-state index in [1.807, 2.05) is 46.8 Å². The third kappa shape index (κ3) is 2.55. The Bertz CT molecular complexity index is 644. The van der Waals surface area contributed by atoms with Crippen molar-refractivity contribution in [3.63, 3.8) is 0 Å². The van der Waals surface area contributed by atoms with Crippen LogP contribution < -0.4 is 0 Å². The third-order valence-corrected chi connectivity index (χ3v) is 5.45. The second-order valence-corrected chi connectivity index (χ2v) is 6.86. The lowest BCUT2D eigenvalue weighted by atomic mass is 9.91. The standard InChI is InChI=1S/C17H18N2O2S/c20-17(12-4-2-1-3-5-12)19-8-6-13-10-14(21-15(13)11-19)16-18-7-9-22-16/h1-5,7,9,13-15H,6,8,10-11H2/t13-,14-,15+/m1/s1. The summed E-state index contributed by atoms with van der Waals surface area (Å²) in [5.74, 6) is 0.661. The van der Waals surface area contributed by atoms with Gasteiger partial charge < -0.3 is 9.64 Å². The van der Waals surface area contributed by atoms with Crippen molar-refractivity contribution in [2.24, 2.45) is 5.92 Å². The Morgan fingerprint density at radius 3 is 2.95 bits per heavy atom. The van der Waals surface area contributed by atoms with Crippen molar-refractivity contribution in [3.8, 4) is 0 Å². The summed E-state index contributed by atoms with van der Waals surface area (Å²) in [5.41, 5.74) is 0.760. The molecular weight excluding hydrogens is 296 g/mol. The summed E-state index contributed by atoms with van der Waals surface area (Å²) in [6.45, 7) is 1.52. The summed E-state index contributed by atoms with van der Waals surface area (Å²) >= 11 is 1.65. The van der Waals surface area contributed by atoms with Crippen LogP contribution in [0, 0.1) is 5.92 Å². The summed E-state index contributed by atoms with van der Waals surface area (Å²) < 4.78 is 6.18. The van der Waals surface area contributed by atoms with Crippen molar-refractivity contribution in [1.29, 1.82) is 0 Å². The summed E-state index contributed by atoms with van der Waals surface area (Å²) in [5, 5.41) is 3.06. The molecule has 2 saturated heterocycles. The van der Waals surface area contributed by atoms with E-state index in [4.69, 9.17) is 4.74 Å². The number of carbonyl (C=O) groups excluding carboxylic acids is 1. The Labute approximate surface area is 133 Å². The van der Waals surface area contributed by atoms with Crippen LogP contribution in [0.2, 0.25) is 0 Å². The van der Waals surface area contributed by atoms with Crippen molar-refractivity contribution in [1.82, 2.24) is 9.88 Å². The second kappa shape index (κ2) is 5.82. The maximum atomic E-state index is 12.6. The summed E-state index contributed by atoms with van der Waals surface area (Å²) in [4.78, 5) is 18.9. The number of benzene rings is 1. The van der Waals surface area contributed by atoms with Crippen LogP contribution in [0.15, 0.2) is 41.9 Å². The zero-order chi connectivity index (χ0) is 14.9. The van der Waals surface area contributed by atoms with E-state index in [2.05, 4.69) is 4.98 Å². The molecule has 1 aromatic heterocycles. The number of rotatable bonds is 2. The van der Waals surface area contributed by atoms with Crippen molar-refractivity contribution in [2.75, 3.05) is 13.1 Å². The number of fused-ring (bicyclic) bond motifs is 1. The van der Waals surface area contributed by atoms with Gasteiger partial charge in [-0.2, -0.15) is 0 Å². The van der Waals surface area contributed by atoms with E-state index < -0.39 is 0 Å². The molecule has 5 heteroatoms. The smallest absolute Gasteiger partial charge is 0.253 e. The van der Waals surface area contributed by atoms with Crippen LogP contribution in [0.3, 0.4) is 0 Å². The first-order chi connectivity index (χ1) is 10.8. The molecule has 1 amide bonds. The molecule has 1 aromatic carbocycles. The maximum absolute atomic E-state index is 12.6. The molecular formula is C17H18N2O2S. The van der Waals surface area contributed by atoms with E-state index in [1.165, 1.54) is 0 Å². The fourth-order valence-corrected chi connectivity index (χ4v) is 4.12. The van der Waals surface area contributed by atoms with Crippen molar-refractivity contribution in [2.45, 2.75) is 25.0 Å². The summed E-state index contributed by atoms with van der Waals surface area (Å²) in [7, 11) is 0. The highest BCUT2D eigenvalue weighted by Crippen LogP contribution is 2.41. The zero-order valence-electron chi connectivity index (χ0n) is 12.2. The molecule has 2 aliphatic rings. The van der Waals surface area contributed by atoms with Gasteiger partial charge in [0, 0.05) is 30.2 Å². The van der Waals surface area contributed by atoms with Gasteiger partial charge in [-0.05, 0) is 30.9 Å². The monoisotopic (exact) mass is 314 g/mol. The molecule has 2 fully saturated rings. The topological polar surface area (TPSA) is 42.4 Å². The highest BCUT2D eigenvalue weighted by atomic mass is 32.1. The highest BCUT2D eigenvalue weighted by Gasteiger charge is 2.41. The van der Waals surface area contributed by atoms with Crippen molar-refractivity contribution >= 4 is 17.2 Å². The molecule has 4 nitrogen and oxygen atoms in total. The van der Waals surface area contributed by atoms with Gasteiger partial charge in [0.25, 0.3) is 5.91 Å². The maximum Gasteiger partial charge on any atom is 0.253 e. The Morgan fingerprint density at radius 1 is 1.32 bits per heavy atom. The van der Waals surface area contributed by atoms with Crippen LogP contribution in [0.4, 0.5) is 0 Å². The van der Waals surface area contributed by atoms with E-state index >= 15 is 0 Å². The van der Waals surface area contributed by atoms with E-state index in [9.17, 15) is 4.79 Å². The van der Waals surface area contributed by atoms with Gasteiger partial charge in [-0.15, -0.1) is 11.3 Å². The largest absolute Gasteiger partial charge is 0.366 e. The number of piperidine rings is 1. The SMILES string of the molecule is O=C(c1ccccc1)N1CC[C@@H]2C[C@H](c3nccs3)O[C@H]2C1.